The molecule has 1 N–H and O–H groups in total. The molecule has 5 heterocycles. The van der Waals surface area contributed by atoms with Crippen LogP contribution in [-0.4, -0.2) is 91.1 Å². The number of ether oxygens (including phenoxy) is 5. The molecule has 5 aliphatic heterocycles. The largest absolute Gasteiger partial charge is 0.507 e. The molecule has 3 aromatic rings. The van der Waals surface area contributed by atoms with E-state index in [-0.39, 0.29) is 44.0 Å². The van der Waals surface area contributed by atoms with Crippen LogP contribution in [0, 0.1) is 25.2 Å². The number of aryl methyl sites for hydroxylation is 1. The molecule has 0 saturated carbocycles. The Morgan fingerprint density at radius 2 is 1.71 bits per heavy atom. The van der Waals surface area contributed by atoms with E-state index in [9.17, 15) is 20.0 Å². The number of likely N-dealkylation sites (N-methyl/N-ethyl adjacent to an activating group) is 1. The number of amides is 2. The number of carbonyl (C=O) groups is 2. The molecule has 0 aliphatic carbocycles. The molecule has 1 saturated heterocycles. The number of fused-ring (bicyclic) bond motifs is 10. The van der Waals surface area contributed by atoms with E-state index in [1.165, 1.54) is 4.90 Å². The number of hydrogen-bond donors (Lipinski definition) is 1. The summed E-state index contributed by atoms with van der Waals surface area (Å²) in [4.78, 5) is 33.2. The Morgan fingerprint density at radius 1 is 1.00 bits per heavy atom. The summed E-state index contributed by atoms with van der Waals surface area (Å²) in [5.41, 5.74) is 5.42. The number of benzene rings is 3. The van der Waals surface area contributed by atoms with Crippen molar-refractivity contribution in [1.29, 1.82) is 5.26 Å². The lowest BCUT2D eigenvalue weighted by Gasteiger charge is -2.60. The molecule has 1 unspecified atom stereocenters. The Bertz CT molecular complexity index is 1900. The molecule has 5 aliphatic rings. The van der Waals surface area contributed by atoms with Crippen LogP contribution in [-0.2, 0) is 17.6 Å². The SMILES string of the molecule is COCOc1c(OC)c(C)cc2c1[C@@H]1[C@@H]3Cc4c(O)c(C)c5c(c4[C@H](CN4C(=O)c6ccccc6C4=O)N3[C@@H](C#N)C(C2)N1C)OCO5. The highest BCUT2D eigenvalue weighted by Crippen LogP contribution is 2.58. The maximum absolute atomic E-state index is 13.8. The summed E-state index contributed by atoms with van der Waals surface area (Å²) in [7, 11) is 5.20. The molecule has 0 aromatic heterocycles. The Hall–Kier alpha value is -4.83. The predicted octanol–water partition coefficient (Wildman–Crippen LogP) is 3.80. The summed E-state index contributed by atoms with van der Waals surface area (Å²) >= 11 is 0. The van der Waals surface area contributed by atoms with E-state index in [0.717, 1.165) is 16.7 Å². The highest BCUT2D eigenvalue weighted by atomic mass is 16.7. The van der Waals surface area contributed by atoms with Crippen molar-refractivity contribution in [2.45, 2.75) is 56.9 Å². The normalized spacial score (nSPS) is 25.2. The van der Waals surface area contributed by atoms with Crippen molar-refractivity contribution in [3.8, 4) is 34.8 Å². The minimum Gasteiger partial charge on any atom is -0.507 e. The molecule has 0 spiro atoms. The topological polar surface area (TPSA) is 134 Å². The van der Waals surface area contributed by atoms with Gasteiger partial charge in [-0.1, -0.05) is 18.2 Å². The Morgan fingerprint density at radius 3 is 2.38 bits per heavy atom. The van der Waals surface area contributed by atoms with Crippen molar-refractivity contribution >= 4 is 11.8 Å². The monoisotopic (exact) mass is 652 g/mol. The van der Waals surface area contributed by atoms with Crippen LogP contribution in [0.5, 0.6) is 28.7 Å². The molecule has 12 heteroatoms. The van der Waals surface area contributed by atoms with Crippen molar-refractivity contribution in [3.05, 3.63) is 74.8 Å². The number of aromatic hydroxyl groups is 1. The van der Waals surface area contributed by atoms with Gasteiger partial charge in [0.1, 0.15) is 11.8 Å². The van der Waals surface area contributed by atoms with Gasteiger partial charge in [0.2, 0.25) is 6.79 Å². The first-order valence-corrected chi connectivity index (χ1v) is 16.0. The van der Waals surface area contributed by atoms with E-state index < -0.39 is 23.9 Å². The molecule has 2 amide bonds. The van der Waals surface area contributed by atoms with E-state index >= 15 is 0 Å². The molecule has 3 aromatic carbocycles. The van der Waals surface area contributed by atoms with Crippen molar-refractivity contribution in [1.82, 2.24) is 14.7 Å². The number of hydrogen-bond acceptors (Lipinski definition) is 11. The van der Waals surface area contributed by atoms with Gasteiger partial charge in [-0.05, 0) is 57.0 Å². The second kappa shape index (κ2) is 11.1. The van der Waals surface area contributed by atoms with Gasteiger partial charge < -0.3 is 28.8 Å². The third-order valence-electron chi connectivity index (χ3n) is 10.8. The molecule has 0 radical (unpaired) electrons. The van der Waals surface area contributed by atoms with Crippen LogP contribution < -0.4 is 18.9 Å². The fraction of sp³-hybridized carbons (Fsp3) is 0.417. The standard InChI is InChI=1S/C36H36N4O8/c1-17-10-19-11-23-25(13-37)40-24(29(38(23)3)27(19)33(31(17)45-5)46-15-44-4)12-22-28(34-32(47-16-48-34)18(2)30(22)41)26(40)14-39-35(42)20-8-6-7-9-21(20)36(39)43/h6-10,23-26,29,41H,11-12,14-16H2,1-5H3/t23?,24-,25-,26-,29-/m0/s1. The second-order valence-corrected chi connectivity index (χ2v) is 13.1. The van der Waals surface area contributed by atoms with Gasteiger partial charge in [-0.15, -0.1) is 0 Å². The highest BCUT2D eigenvalue weighted by molar-refractivity contribution is 6.21. The Balaban J connectivity index is 1.35. The molecule has 248 valence electrons. The predicted molar refractivity (Wildman–Crippen MR) is 170 cm³/mol. The van der Waals surface area contributed by atoms with E-state index in [4.69, 9.17) is 23.7 Å². The van der Waals surface area contributed by atoms with Gasteiger partial charge in [0.25, 0.3) is 11.8 Å². The van der Waals surface area contributed by atoms with Gasteiger partial charge in [0, 0.05) is 48.0 Å². The zero-order chi connectivity index (χ0) is 33.6. The first-order valence-electron chi connectivity index (χ1n) is 16.0. The zero-order valence-corrected chi connectivity index (χ0v) is 27.4. The van der Waals surface area contributed by atoms with Gasteiger partial charge in [-0.2, -0.15) is 5.26 Å². The first kappa shape index (κ1) is 30.5. The minimum atomic E-state index is -0.691. The van der Waals surface area contributed by atoms with Crippen LogP contribution >= 0.6 is 0 Å². The Kier molecular flexibility index (Phi) is 7.07. The zero-order valence-electron chi connectivity index (χ0n) is 27.4. The summed E-state index contributed by atoms with van der Waals surface area (Å²) < 4.78 is 29.4. The van der Waals surface area contributed by atoms with Crippen LogP contribution in [0.1, 0.15) is 66.2 Å². The van der Waals surface area contributed by atoms with E-state index in [2.05, 4.69) is 21.9 Å². The third-order valence-corrected chi connectivity index (χ3v) is 10.8. The lowest BCUT2D eigenvalue weighted by molar-refractivity contribution is -0.0766. The van der Waals surface area contributed by atoms with Crippen molar-refractivity contribution in [2.75, 3.05) is 41.4 Å². The van der Waals surface area contributed by atoms with Crippen LogP contribution in [0.3, 0.4) is 0 Å². The van der Waals surface area contributed by atoms with Crippen LogP contribution in [0.4, 0.5) is 0 Å². The van der Waals surface area contributed by atoms with Crippen molar-refractivity contribution in [2.24, 2.45) is 0 Å². The number of methoxy groups -OCH3 is 2. The smallest absolute Gasteiger partial charge is 0.261 e. The number of imide groups is 1. The van der Waals surface area contributed by atoms with Gasteiger partial charge in [-0.25, -0.2) is 0 Å². The number of rotatable bonds is 6. The molecule has 1 fully saturated rings. The van der Waals surface area contributed by atoms with E-state index in [0.29, 0.717) is 63.7 Å². The maximum atomic E-state index is 13.8. The van der Waals surface area contributed by atoms with Crippen LogP contribution in [0.2, 0.25) is 0 Å². The van der Waals surface area contributed by atoms with Gasteiger partial charge in [0.05, 0.1) is 36.4 Å². The number of carbonyl (C=O) groups excluding carboxylic acids is 2. The van der Waals surface area contributed by atoms with Gasteiger partial charge in [-0.3, -0.25) is 24.3 Å². The molecule has 12 nitrogen and oxygen atoms in total. The average molecular weight is 653 g/mol. The summed E-state index contributed by atoms with van der Waals surface area (Å²) in [6, 6.07) is 9.25. The number of phenolic OH excluding ortho intramolecular Hbond substituents is 1. The highest BCUT2D eigenvalue weighted by Gasteiger charge is 2.57. The lowest BCUT2D eigenvalue weighted by atomic mass is 9.71. The summed E-state index contributed by atoms with van der Waals surface area (Å²) in [5.74, 6) is 1.37. The minimum absolute atomic E-state index is 0.00990. The fourth-order valence-electron chi connectivity index (χ4n) is 8.84. The summed E-state index contributed by atoms with van der Waals surface area (Å²) in [6.07, 6.45) is 0.915. The molecular weight excluding hydrogens is 616 g/mol. The number of piperazine rings is 1. The van der Waals surface area contributed by atoms with Gasteiger partial charge >= 0.3 is 0 Å². The van der Waals surface area contributed by atoms with Crippen molar-refractivity contribution < 1.29 is 38.4 Å². The van der Waals surface area contributed by atoms with E-state index in [1.807, 2.05) is 14.0 Å². The van der Waals surface area contributed by atoms with Crippen LogP contribution in [0.15, 0.2) is 30.3 Å². The van der Waals surface area contributed by atoms with Gasteiger partial charge in [0.15, 0.2) is 29.8 Å². The number of nitriles is 1. The molecular formula is C36H36N4O8. The lowest BCUT2D eigenvalue weighted by Crippen LogP contribution is -2.69. The maximum Gasteiger partial charge on any atom is 0.261 e. The third kappa shape index (κ3) is 4.04. The quantitative estimate of drug-likeness (QED) is 0.308. The van der Waals surface area contributed by atoms with E-state index in [1.54, 1.807) is 45.4 Å². The summed E-state index contributed by atoms with van der Waals surface area (Å²) in [6.45, 7) is 3.69. The van der Waals surface area contributed by atoms with Crippen LogP contribution in [0.25, 0.3) is 0 Å². The molecule has 5 atom stereocenters. The molecule has 2 bridgehead atoms. The average Bonchev–Trinajstić information content (AvgIpc) is 3.66. The number of phenols is 1. The molecule has 48 heavy (non-hydrogen) atoms. The Labute approximate surface area is 277 Å². The van der Waals surface area contributed by atoms with Crippen molar-refractivity contribution in [3.63, 3.8) is 0 Å². The molecule has 8 rings (SSSR count). The summed E-state index contributed by atoms with van der Waals surface area (Å²) in [5, 5.41) is 22.7. The first-order chi connectivity index (χ1) is 23.2. The second-order valence-electron chi connectivity index (χ2n) is 13.1. The fourth-order valence-corrected chi connectivity index (χ4v) is 8.84. The number of nitrogens with zero attached hydrogens (tertiary/aromatic N) is 4.